The van der Waals surface area contributed by atoms with E-state index in [1.54, 1.807) is 24.3 Å². The van der Waals surface area contributed by atoms with Gasteiger partial charge in [-0.05, 0) is 19.1 Å². The summed E-state index contributed by atoms with van der Waals surface area (Å²) >= 11 is 0. The van der Waals surface area contributed by atoms with Crippen LogP contribution in [-0.4, -0.2) is 5.97 Å². The van der Waals surface area contributed by atoms with Crippen molar-refractivity contribution in [3.8, 4) is 5.75 Å². The Morgan fingerprint density at radius 3 is 2.11 bits per heavy atom. The summed E-state index contributed by atoms with van der Waals surface area (Å²) < 4.78 is 30.7. The number of ether oxygens (including phenoxy) is 1. The van der Waals surface area contributed by atoms with E-state index in [2.05, 4.69) is 0 Å². The largest absolute Gasteiger partial charge is 0.423 e. The van der Waals surface area contributed by atoms with Crippen molar-refractivity contribution < 1.29 is 18.3 Å². The second-order valence-electron chi connectivity index (χ2n) is 3.86. The fraction of sp³-hybridized carbons (Fsp3) is 0.0714. The average molecular weight is 248 g/mol. The van der Waals surface area contributed by atoms with E-state index < -0.39 is 17.6 Å². The lowest BCUT2D eigenvalue weighted by Gasteiger charge is -2.05. The third-order valence-electron chi connectivity index (χ3n) is 2.33. The lowest BCUT2D eigenvalue weighted by molar-refractivity contribution is 0.0734. The molecule has 0 fully saturated rings. The quantitative estimate of drug-likeness (QED) is 0.600. The summed E-state index contributed by atoms with van der Waals surface area (Å²) in [5.74, 6) is -2.39. The molecule has 0 saturated heterocycles. The van der Waals surface area contributed by atoms with Gasteiger partial charge in [-0.3, -0.25) is 0 Å². The number of hydrogen-bond donors (Lipinski definition) is 0. The molecule has 0 radical (unpaired) electrons. The highest BCUT2D eigenvalue weighted by Crippen LogP contribution is 2.17. The lowest BCUT2D eigenvalue weighted by Crippen LogP contribution is -2.08. The molecule has 0 atom stereocenters. The number of halogens is 2. The highest BCUT2D eigenvalue weighted by molar-refractivity contribution is 5.91. The summed E-state index contributed by atoms with van der Waals surface area (Å²) in [6.07, 6.45) is 0. The van der Waals surface area contributed by atoms with Crippen molar-refractivity contribution in [2.45, 2.75) is 6.92 Å². The molecule has 2 aromatic carbocycles. The first-order chi connectivity index (χ1) is 8.54. The van der Waals surface area contributed by atoms with Crippen molar-refractivity contribution in [2.75, 3.05) is 0 Å². The van der Waals surface area contributed by atoms with E-state index in [1.165, 1.54) is 0 Å². The molecule has 0 aliphatic heterocycles. The Hall–Kier alpha value is -2.23. The zero-order valence-corrected chi connectivity index (χ0v) is 9.61. The van der Waals surface area contributed by atoms with Crippen LogP contribution in [0, 0.1) is 18.6 Å². The van der Waals surface area contributed by atoms with Gasteiger partial charge in [0.2, 0.25) is 0 Å². The Morgan fingerprint density at radius 1 is 1.00 bits per heavy atom. The molecule has 92 valence electrons. The second kappa shape index (κ2) is 4.96. The fourth-order valence-corrected chi connectivity index (χ4v) is 1.44. The SMILES string of the molecule is Cc1ccc(C(=O)Oc2cc(F)cc(F)c2)cc1. The maximum absolute atomic E-state index is 12.9. The summed E-state index contributed by atoms with van der Waals surface area (Å²) in [6, 6.07) is 9.31. The first kappa shape index (κ1) is 12.2. The monoisotopic (exact) mass is 248 g/mol. The van der Waals surface area contributed by atoms with Gasteiger partial charge in [-0.1, -0.05) is 17.7 Å². The van der Waals surface area contributed by atoms with Gasteiger partial charge in [0.25, 0.3) is 0 Å². The Balaban J connectivity index is 2.18. The van der Waals surface area contributed by atoms with Crippen LogP contribution in [0.1, 0.15) is 15.9 Å². The second-order valence-corrected chi connectivity index (χ2v) is 3.86. The average Bonchev–Trinajstić information content (AvgIpc) is 2.28. The molecule has 0 aliphatic rings. The minimum absolute atomic E-state index is 0.155. The topological polar surface area (TPSA) is 26.3 Å². The zero-order valence-electron chi connectivity index (χ0n) is 9.61. The first-order valence-electron chi connectivity index (χ1n) is 5.29. The molecule has 18 heavy (non-hydrogen) atoms. The van der Waals surface area contributed by atoms with Crippen molar-refractivity contribution in [3.05, 3.63) is 65.2 Å². The molecular weight excluding hydrogens is 238 g/mol. The van der Waals surface area contributed by atoms with Crippen molar-refractivity contribution in [1.82, 2.24) is 0 Å². The summed E-state index contributed by atoms with van der Waals surface area (Å²) in [5.41, 5.74) is 1.33. The Kier molecular flexibility index (Phi) is 3.37. The predicted octanol–water partition coefficient (Wildman–Crippen LogP) is 3.49. The summed E-state index contributed by atoms with van der Waals surface area (Å²) in [4.78, 5) is 11.7. The van der Waals surface area contributed by atoms with Crippen LogP contribution in [0.4, 0.5) is 8.78 Å². The van der Waals surface area contributed by atoms with Crippen LogP contribution in [0.5, 0.6) is 5.75 Å². The Labute approximate surface area is 103 Å². The number of aryl methyl sites for hydroxylation is 1. The van der Waals surface area contributed by atoms with Gasteiger partial charge in [0.1, 0.15) is 17.4 Å². The maximum atomic E-state index is 12.9. The van der Waals surface area contributed by atoms with Crippen LogP contribution in [0.3, 0.4) is 0 Å². The van der Waals surface area contributed by atoms with Crippen LogP contribution < -0.4 is 4.74 Å². The van der Waals surface area contributed by atoms with Gasteiger partial charge in [-0.25, -0.2) is 13.6 Å². The molecule has 0 aliphatic carbocycles. The number of carbonyl (C=O) groups is 1. The molecule has 0 N–H and O–H groups in total. The van der Waals surface area contributed by atoms with Crippen LogP contribution in [0.2, 0.25) is 0 Å². The summed E-state index contributed by atoms with van der Waals surface area (Å²) in [5, 5.41) is 0. The predicted molar refractivity (Wildman–Crippen MR) is 62.5 cm³/mol. The van der Waals surface area contributed by atoms with E-state index in [0.29, 0.717) is 11.6 Å². The molecule has 0 spiro atoms. The van der Waals surface area contributed by atoms with E-state index in [1.807, 2.05) is 6.92 Å². The van der Waals surface area contributed by atoms with Gasteiger partial charge in [0.05, 0.1) is 5.56 Å². The molecule has 0 saturated carbocycles. The fourth-order valence-electron chi connectivity index (χ4n) is 1.44. The summed E-state index contributed by atoms with van der Waals surface area (Å²) in [6.45, 7) is 1.89. The number of esters is 1. The van der Waals surface area contributed by atoms with E-state index in [0.717, 1.165) is 17.7 Å². The normalized spacial score (nSPS) is 10.2. The molecule has 0 bridgehead atoms. The van der Waals surface area contributed by atoms with Crippen molar-refractivity contribution in [1.29, 1.82) is 0 Å². The zero-order chi connectivity index (χ0) is 13.1. The minimum atomic E-state index is -0.790. The van der Waals surface area contributed by atoms with Gasteiger partial charge in [-0.2, -0.15) is 0 Å². The van der Waals surface area contributed by atoms with E-state index in [-0.39, 0.29) is 5.75 Å². The molecular formula is C14H10F2O2. The van der Waals surface area contributed by atoms with Crippen molar-refractivity contribution in [2.24, 2.45) is 0 Å². The molecule has 4 heteroatoms. The molecule has 0 amide bonds. The third kappa shape index (κ3) is 2.91. The smallest absolute Gasteiger partial charge is 0.343 e. The van der Waals surface area contributed by atoms with Gasteiger partial charge >= 0.3 is 5.97 Å². The number of carbonyl (C=O) groups excluding carboxylic acids is 1. The van der Waals surface area contributed by atoms with Gasteiger partial charge in [0, 0.05) is 18.2 Å². The number of hydrogen-bond acceptors (Lipinski definition) is 2. The van der Waals surface area contributed by atoms with Gasteiger partial charge in [0.15, 0.2) is 0 Å². The standard InChI is InChI=1S/C14H10F2O2/c1-9-2-4-10(5-3-9)14(17)18-13-7-11(15)6-12(16)8-13/h2-8H,1H3. The van der Waals surface area contributed by atoms with E-state index in [9.17, 15) is 13.6 Å². The van der Waals surface area contributed by atoms with Gasteiger partial charge < -0.3 is 4.74 Å². The lowest BCUT2D eigenvalue weighted by atomic mass is 10.1. The van der Waals surface area contributed by atoms with E-state index in [4.69, 9.17) is 4.74 Å². The van der Waals surface area contributed by atoms with Gasteiger partial charge in [-0.15, -0.1) is 0 Å². The van der Waals surface area contributed by atoms with Crippen LogP contribution in [-0.2, 0) is 0 Å². The third-order valence-corrected chi connectivity index (χ3v) is 2.33. The highest BCUT2D eigenvalue weighted by atomic mass is 19.1. The van der Waals surface area contributed by atoms with E-state index >= 15 is 0 Å². The van der Waals surface area contributed by atoms with Crippen LogP contribution >= 0.6 is 0 Å². The molecule has 2 aromatic rings. The van der Waals surface area contributed by atoms with Crippen LogP contribution in [0.15, 0.2) is 42.5 Å². The number of rotatable bonds is 2. The first-order valence-corrected chi connectivity index (χ1v) is 5.29. The Morgan fingerprint density at radius 2 is 1.56 bits per heavy atom. The highest BCUT2D eigenvalue weighted by Gasteiger charge is 2.10. The Bertz CT molecular complexity index is 557. The maximum Gasteiger partial charge on any atom is 0.343 e. The van der Waals surface area contributed by atoms with Crippen LogP contribution in [0.25, 0.3) is 0 Å². The molecule has 2 rings (SSSR count). The molecule has 0 heterocycles. The van der Waals surface area contributed by atoms with Crippen molar-refractivity contribution in [3.63, 3.8) is 0 Å². The minimum Gasteiger partial charge on any atom is -0.423 e. The molecule has 0 unspecified atom stereocenters. The number of benzene rings is 2. The summed E-state index contributed by atoms with van der Waals surface area (Å²) in [7, 11) is 0. The molecule has 2 nitrogen and oxygen atoms in total. The van der Waals surface area contributed by atoms with Crippen molar-refractivity contribution >= 4 is 5.97 Å². The molecule has 0 aromatic heterocycles.